The van der Waals surface area contributed by atoms with Gasteiger partial charge < -0.3 is 15.4 Å². The van der Waals surface area contributed by atoms with Crippen molar-refractivity contribution in [1.82, 2.24) is 4.90 Å². The SMILES string of the molecule is CCC1CN(C(=O)C(N)CC(C)C)CCO1. The van der Waals surface area contributed by atoms with Crippen molar-refractivity contribution >= 4 is 5.91 Å². The van der Waals surface area contributed by atoms with E-state index in [1.54, 1.807) is 0 Å². The normalized spacial score (nSPS) is 23.6. The molecular formula is C12H24N2O2. The number of ether oxygens (including phenoxy) is 1. The minimum atomic E-state index is -0.351. The van der Waals surface area contributed by atoms with Crippen molar-refractivity contribution in [2.75, 3.05) is 19.7 Å². The van der Waals surface area contributed by atoms with Crippen molar-refractivity contribution in [3.8, 4) is 0 Å². The molecule has 4 heteroatoms. The minimum Gasteiger partial charge on any atom is -0.375 e. The second kappa shape index (κ2) is 6.21. The monoisotopic (exact) mass is 228 g/mol. The van der Waals surface area contributed by atoms with Gasteiger partial charge in [-0.05, 0) is 18.8 Å². The van der Waals surface area contributed by atoms with E-state index in [4.69, 9.17) is 10.5 Å². The van der Waals surface area contributed by atoms with Gasteiger partial charge in [-0.1, -0.05) is 20.8 Å². The second-order valence-electron chi connectivity index (χ2n) is 4.92. The van der Waals surface area contributed by atoms with E-state index in [1.165, 1.54) is 0 Å². The first-order chi connectivity index (χ1) is 7.54. The average Bonchev–Trinajstić information content (AvgIpc) is 2.27. The number of morpholine rings is 1. The smallest absolute Gasteiger partial charge is 0.239 e. The highest BCUT2D eigenvalue weighted by Gasteiger charge is 2.26. The van der Waals surface area contributed by atoms with Crippen LogP contribution in [0.2, 0.25) is 0 Å². The highest BCUT2D eigenvalue weighted by molar-refractivity contribution is 5.81. The fraction of sp³-hybridized carbons (Fsp3) is 0.917. The average molecular weight is 228 g/mol. The Morgan fingerprint density at radius 3 is 2.81 bits per heavy atom. The molecule has 2 atom stereocenters. The van der Waals surface area contributed by atoms with Crippen LogP contribution in [0, 0.1) is 5.92 Å². The Labute approximate surface area is 98.1 Å². The maximum Gasteiger partial charge on any atom is 0.239 e. The lowest BCUT2D eigenvalue weighted by molar-refractivity contribution is -0.140. The molecule has 94 valence electrons. The third-order valence-corrected chi connectivity index (χ3v) is 2.95. The minimum absolute atomic E-state index is 0.0791. The predicted octanol–water partition coefficient (Wildman–Crippen LogP) is 0.997. The van der Waals surface area contributed by atoms with Gasteiger partial charge in [0.2, 0.25) is 5.91 Å². The van der Waals surface area contributed by atoms with Crippen LogP contribution in [0.15, 0.2) is 0 Å². The maximum absolute atomic E-state index is 12.0. The molecule has 0 aromatic heterocycles. The van der Waals surface area contributed by atoms with E-state index in [1.807, 2.05) is 4.90 Å². The first-order valence-electron chi connectivity index (χ1n) is 6.20. The van der Waals surface area contributed by atoms with Crippen molar-refractivity contribution in [3.63, 3.8) is 0 Å². The molecular weight excluding hydrogens is 204 g/mol. The van der Waals surface area contributed by atoms with Crippen molar-refractivity contribution < 1.29 is 9.53 Å². The van der Waals surface area contributed by atoms with Crippen LogP contribution in [0.5, 0.6) is 0 Å². The summed E-state index contributed by atoms with van der Waals surface area (Å²) in [5.41, 5.74) is 5.90. The van der Waals surface area contributed by atoms with Gasteiger partial charge in [0.1, 0.15) is 0 Å². The Morgan fingerprint density at radius 2 is 2.25 bits per heavy atom. The van der Waals surface area contributed by atoms with Gasteiger partial charge in [-0.3, -0.25) is 4.79 Å². The molecule has 0 aromatic carbocycles. The van der Waals surface area contributed by atoms with Crippen LogP contribution >= 0.6 is 0 Å². The number of amides is 1. The van der Waals surface area contributed by atoms with E-state index < -0.39 is 0 Å². The molecule has 2 unspecified atom stereocenters. The number of carbonyl (C=O) groups is 1. The topological polar surface area (TPSA) is 55.6 Å². The summed E-state index contributed by atoms with van der Waals surface area (Å²) in [6.07, 6.45) is 1.89. The molecule has 1 rings (SSSR count). The van der Waals surface area contributed by atoms with E-state index >= 15 is 0 Å². The Morgan fingerprint density at radius 1 is 1.56 bits per heavy atom. The lowest BCUT2D eigenvalue weighted by atomic mass is 10.0. The van der Waals surface area contributed by atoms with Crippen LogP contribution in [0.3, 0.4) is 0 Å². The lowest BCUT2D eigenvalue weighted by Crippen LogP contribution is -2.51. The molecule has 1 fully saturated rings. The summed E-state index contributed by atoms with van der Waals surface area (Å²) >= 11 is 0. The van der Waals surface area contributed by atoms with E-state index in [0.29, 0.717) is 25.6 Å². The zero-order valence-electron chi connectivity index (χ0n) is 10.6. The van der Waals surface area contributed by atoms with Crippen molar-refractivity contribution in [3.05, 3.63) is 0 Å². The van der Waals surface area contributed by atoms with Crippen LogP contribution < -0.4 is 5.73 Å². The summed E-state index contributed by atoms with van der Waals surface area (Å²) in [5.74, 6) is 0.539. The summed E-state index contributed by atoms with van der Waals surface area (Å²) in [6, 6.07) is -0.351. The molecule has 1 amide bonds. The number of hydrogen-bond donors (Lipinski definition) is 1. The van der Waals surface area contributed by atoms with Gasteiger partial charge >= 0.3 is 0 Å². The second-order valence-corrected chi connectivity index (χ2v) is 4.92. The van der Waals surface area contributed by atoms with E-state index in [0.717, 1.165) is 12.8 Å². The van der Waals surface area contributed by atoms with Gasteiger partial charge in [0.05, 0.1) is 18.8 Å². The van der Waals surface area contributed by atoms with Gasteiger partial charge in [0, 0.05) is 13.1 Å². The zero-order chi connectivity index (χ0) is 12.1. The fourth-order valence-corrected chi connectivity index (χ4v) is 2.01. The van der Waals surface area contributed by atoms with Crippen molar-refractivity contribution in [2.45, 2.75) is 45.8 Å². The van der Waals surface area contributed by atoms with Crippen molar-refractivity contribution in [2.24, 2.45) is 11.7 Å². The molecule has 2 N–H and O–H groups in total. The summed E-state index contributed by atoms with van der Waals surface area (Å²) in [7, 11) is 0. The Kier molecular flexibility index (Phi) is 5.22. The third-order valence-electron chi connectivity index (χ3n) is 2.95. The summed E-state index contributed by atoms with van der Waals surface area (Å²) in [6.45, 7) is 8.26. The van der Waals surface area contributed by atoms with Crippen molar-refractivity contribution in [1.29, 1.82) is 0 Å². The zero-order valence-corrected chi connectivity index (χ0v) is 10.6. The van der Waals surface area contributed by atoms with E-state index in [-0.39, 0.29) is 18.1 Å². The van der Waals surface area contributed by atoms with E-state index in [2.05, 4.69) is 20.8 Å². The van der Waals surface area contributed by atoms with Crippen LogP contribution in [-0.2, 0) is 9.53 Å². The summed E-state index contributed by atoms with van der Waals surface area (Å²) in [4.78, 5) is 13.9. The number of carbonyl (C=O) groups excluding carboxylic acids is 1. The maximum atomic E-state index is 12.0. The highest BCUT2D eigenvalue weighted by atomic mass is 16.5. The number of nitrogens with zero attached hydrogens (tertiary/aromatic N) is 1. The predicted molar refractivity (Wildman–Crippen MR) is 64.0 cm³/mol. The van der Waals surface area contributed by atoms with Gasteiger partial charge in [-0.25, -0.2) is 0 Å². The molecule has 4 nitrogen and oxygen atoms in total. The Bertz CT molecular complexity index is 231. The van der Waals surface area contributed by atoms with Crippen LogP contribution in [-0.4, -0.2) is 42.6 Å². The Balaban J connectivity index is 2.46. The van der Waals surface area contributed by atoms with Gasteiger partial charge in [-0.2, -0.15) is 0 Å². The molecule has 0 aliphatic carbocycles. The first-order valence-corrected chi connectivity index (χ1v) is 6.20. The number of hydrogen-bond acceptors (Lipinski definition) is 3. The molecule has 0 radical (unpaired) electrons. The fourth-order valence-electron chi connectivity index (χ4n) is 2.01. The number of nitrogens with two attached hydrogens (primary N) is 1. The molecule has 0 bridgehead atoms. The molecule has 1 aliphatic rings. The summed E-state index contributed by atoms with van der Waals surface area (Å²) < 4.78 is 5.53. The molecule has 0 saturated carbocycles. The quantitative estimate of drug-likeness (QED) is 0.781. The molecule has 1 aliphatic heterocycles. The van der Waals surface area contributed by atoms with Crippen LogP contribution in [0.1, 0.15) is 33.6 Å². The van der Waals surface area contributed by atoms with Crippen LogP contribution in [0.4, 0.5) is 0 Å². The Hall–Kier alpha value is -0.610. The standard InChI is InChI=1S/C12H24N2O2/c1-4-10-8-14(5-6-16-10)12(15)11(13)7-9(2)3/h9-11H,4-8,13H2,1-3H3. The molecule has 16 heavy (non-hydrogen) atoms. The first kappa shape index (κ1) is 13.5. The largest absolute Gasteiger partial charge is 0.375 e. The molecule has 0 spiro atoms. The van der Waals surface area contributed by atoms with Crippen LogP contribution in [0.25, 0.3) is 0 Å². The molecule has 0 aromatic rings. The lowest BCUT2D eigenvalue weighted by Gasteiger charge is -2.34. The molecule has 1 heterocycles. The highest BCUT2D eigenvalue weighted by Crippen LogP contribution is 2.11. The summed E-state index contributed by atoms with van der Waals surface area (Å²) in [5, 5.41) is 0. The third kappa shape index (κ3) is 3.76. The number of rotatable bonds is 4. The van der Waals surface area contributed by atoms with Gasteiger partial charge in [0.15, 0.2) is 0 Å². The molecule has 1 saturated heterocycles. The van der Waals surface area contributed by atoms with Gasteiger partial charge in [0.25, 0.3) is 0 Å². The van der Waals surface area contributed by atoms with E-state index in [9.17, 15) is 4.79 Å². The van der Waals surface area contributed by atoms with Gasteiger partial charge in [-0.15, -0.1) is 0 Å².